The van der Waals surface area contributed by atoms with E-state index in [0.717, 1.165) is 0 Å². The smallest absolute Gasteiger partial charge is 0.245 e. The van der Waals surface area contributed by atoms with Crippen LogP contribution in [0.5, 0.6) is 0 Å². The molecule has 1 saturated heterocycles. The minimum atomic E-state index is -1.13. The first kappa shape index (κ1) is 59.0. The lowest BCUT2D eigenvalue weighted by atomic mass is 9.96. The number of nitrogens with two attached hydrogens (primary N) is 2. The van der Waals surface area contributed by atoms with Gasteiger partial charge in [0.15, 0.2) is 5.96 Å². The normalized spacial score (nSPS) is 15.9. The van der Waals surface area contributed by atoms with Crippen molar-refractivity contribution in [2.75, 3.05) is 46.3 Å². The van der Waals surface area contributed by atoms with Crippen LogP contribution in [0.15, 0.2) is 4.99 Å². The Morgan fingerprint density at radius 3 is 1.88 bits per heavy atom. The van der Waals surface area contributed by atoms with Crippen molar-refractivity contribution in [3.8, 4) is 0 Å². The van der Waals surface area contributed by atoms with Gasteiger partial charge in [-0.1, -0.05) is 61.3 Å². The molecule has 0 aliphatic carbocycles. The minimum absolute atomic E-state index is 0.0869. The van der Waals surface area contributed by atoms with Crippen molar-refractivity contribution in [3.63, 3.8) is 0 Å². The Bertz CT molecular complexity index is 1740. The zero-order valence-electron chi connectivity index (χ0n) is 41.2. The van der Waals surface area contributed by atoms with Crippen molar-refractivity contribution in [1.82, 2.24) is 52.3 Å². The Balaban J connectivity index is 3.11. The molecule has 23 heteroatoms. The van der Waals surface area contributed by atoms with E-state index in [1.807, 2.05) is 20.8 Å². The van der Waals surface area contributed by atoms with Gasteiger partial charge in [0.2, 0.25) is 59.1 Å². The molecule has 1 rings (SSSR count). The van der Waals surface area contributed by atoms with Gasteiger partial charge in [0, 0.05) is 33.6 Å². The first-order valence-electron chi connectivity index (χ1n) is 23.4. The van der Waals surface area contributed by atoms with Crippen LogP contribution in [0.4, 0.5) is 0 Å². The Labute approximate surface area is 395 Å². The lowest BCUT2D eigenvalue weighted by Gasteiger charge is -2.31. The number of carbonyl (C=O) groups is 10. The van der Waals surface area contributed by atoms with Crippen LogP contribution in [0.2, 0.25) is 0 Å². The molecule has 0 aromatic rings. The van der Waals surface area contributed by atoms with Gasteiger partial charge in [0.1, 0.15) is 36.3 Å². The average molecular weight is 950 g/mol. The molecule has 0 saturated carbocycles. The molecule has 67 heavy (non-hydrogen) atoms. The SMILES string of the molecule is CCC[C@H](NC(=O)CNC(=O)[C@@H](CC(C)C)NC(=O)[C@@H](NC(=O)CNC(=O)CN(C)C(C)=O)C(C)C)C(=O)N[C@H](C(=O)N[C@@H](CCCN=C(N)N)C(=O)N1CCC[C@H]1C(=O)NCC)[C@@H](C)CC. The number of amides is 10. The second kappa shape index (κ2) is 30.3. The molecular weight excluding hydrogens is 871 g/mol. The highest BCUT2D eigenvalue weighted by atomic mass is 16.2. The number of likely N-dealkylation sites (N-methyl/N-ethyl adjacent to an activating group) is 2. The zero-order valence-corrected chi connectivity index (χ0v) is 41.2. The number of hydrogen-bond donors (Lipinski definition) is 10. The van der Waals surface area contributed by atoms with Gasteiger partial charge in [-0.2, -0.15) is 0 Å². The third-order valence-corrected chi connectivity index (χ3v) is 11.2. The molecule has 7 atom stereocenters. The Hall–Kier alpha value is -6.03. The highest BCUT2D eigenvalue weighted by Crippen LogP contribution is 2.20. The summed E-state index contributed by atoms with van der Waals surface area (Å²) in [5, 5.41) is 21.1. The average Bonchev–Trinajstić information content (AvgIpc) is 3.76. The molecule has 0 aromatic carbocycles. The van der Waals surface area contributed by atoms with E-state index in [4.69, 9.17) is 11.5 Å². The minimum Gasteiger partial charge on any atom is -0.370 e. The maximum absolute atomic E-state index is 14.0. The topological polar surface area (TPSA) is 338 Å². The van der Waals surface area contributed by atoms with Crippen LogP contribution in [0.3, 0.4) is 0 Å². The van der Waals surface area contributed by atoms with Crippen molar-refractivity contribution in [2.45, 2.75) is 150 Å². The van der Waals surface area contributed by atoms with Gasteiger partial charge in [-0.05, 0) is 63.2 Å². The van der Waals surface area contributed by atoms with Crippen molar-refractivity contribution >= 4 is 65.0 Å². The van der Waals surface area contributed by atoms with E-state index in [1.165, 1.54) is 23.8 Å². The van der Waals surface area contributed by atoms with Crippen molar-refractivity contribution in [2.24, 2.45) is 34.2 Å². The summed E-state index contributed by atoms with van der Waals surface area (Å²) in [7, 11) is 1.43. The number of hydrogen-bond acceptors (Lipinski definition) is 11. The molecule has 0 unspecified atom stereocenters. The summed E-state index contributed by atoms with van der Waals surface area (Å²) < 4.78 is 0. The van der Waals surface area contributed by atoms with Crippen molar-refractivity contribution in [3.05, 3.63) is 0 Å². The van der Waals surface area contributed by atoms with Crippen molar-refractivity contribution in [1.29, 1.82) is 0 Å². The third kappa shape index (κ3) is 21.4. The Kier molecular flexibility index (Phi) is 26.7. The fourth-order valence-corrected chi connectivity index (χ4v) is 7.15. The maximum Gasteiger partial charge on any atom is 0.245 e. The van der Waals surface area contributed by atoms with Crippen LogP contribution in [-0.4, -0.2) is 157 Å². The molecule has 0 bridgehead atoms. The fourth-order valence-electron chi connectivity index (χ4n) is 7.15. The van der Waals surface area contributed by atoms with E-state index >= 15 is 0 Å². The van der Waals surface area contributed by atoms with Crippen LogP contribution in [0.25, 0.3) is 0 Å². The second-order valence-electron chi connectivity index (χ2n) is 17.7. The Morgan fingerprint density at radius 1 is 0.701 bits per heavy atom. The molecule has 1 heterocycles. The number of aliphatic imine (C=N–C) groups is 1. The summed E-state index contributed by atoms with van der Waals surface area (Å²) in [6.45, 7) is 15.1. The van der Waals surface area contributed by atoms with Crippen LogP contribution in [0, 0.1) is 17.8 Å². The van der Waals surface area contributed by atoms with Gasteiger partial charge < -0.3 is 63.8 Å². The summed E-state index contributed by atoms with van der Waals surface area (Å²) in [6.07, 6.45) is 2.80. The molecule has 1 fully saturated rings. The third-order valence-electron chi connectivity index (χ3n) is 11.2. The predicted molar refractivity (Wildman–Crippen MR) is 251 cm³/mol. The van der Waals surface area contributed by atoms with Gasteiger partial charge in [-0.3, -0.25) is 52.9 Å². The van der Waals surface area contributed by atoms with Gasteiger partial charge in [-0.25, -0.2) is 0 Å². The van der Waals surface area contributed by atoms with Gasteiger partial charge >= 0.3 is 0 Å². The highest BCUT2D eigenvalue weighted by molar-refractivity contribution is 5.97. The van der Waals surface area contributed by atoms with Crippen LogP contribution >= 0.6 is 0 Å². The van der Waals surface area contributed by atoms with E-state index in [0.29, 0.717) is 45.2 Å². The van der Waals surface area contributed by atoms with E-state index < -0.39 is 108 Å². The predicted octanol–water partition coefficient (Wildman–Crippen LogP) is -2.15. The molecule has 0 spiro atoms. The summed E-state index contributed by atoms with van der Waals surface area (Å²) in [6, 6.07) is -6.22. The first-order chi connectivity index (χ1) is 31.5. The largest absolute Gasteiger partial charge is 0.370 e. The number of rotatable bonds is 29. The number of nitrogens with zero attached hydrogens (tertiary/aromatic N) is 3. The number of likely N-dealkylation sites (tertiary alicyclic amines) is 1. The molecule has 12 N–H and O–H groups in total. The molecule has 1 aliphatic heterocycles. The summed E-state index contributed by atoms with van der Waals surface area (Å²) in [5.41, 5.74) is 11.0. The molecule has 1 aliphatic rings. The van der Waals surface area contributed by atoms with E-state index in [1.54, 1.807) is 34.6 Å². The zero-order chi connectivity index (χ0) is 51.0. The van der Waals surface area contributed by atoms with Gasteiger partial charge in [0.05, 0.1) is 19.6 Å². The van der Waals surface area contributed by atoms with Crippen LogP contribution in [-0.2, 0) is 47.9 Å². The highest BCUT2D eigenvalue weighted by Gasteiger charge is 2.39. The van der Waals surface area contributed by atoms with E-state index in [-0.39, 0.29) is 56.0 Å². The summed E-state index contributed by atoms with van der Waals surface area (Å²) in [4.78, 5) is 138. The maximum atomic E-state index is 14.0. The second-order valence-corrected chi connectivity index (χ2v) is 17.7. The lowest BCUT2D eigenvalue weighted by Crippen LogP contribution is -2.60. The van der Waals surface area contributed by atoms with Gasteiger partial charge in [0.25, 0.3) is 0 Å². The number of carbonyl (C=O) groups excluding carboxylic acids is 10. The quantitative estimate of drug-likeness (QED) is 0.0218. The van der Waals surface area contributed by atoms with Crippen LogP contribution in [0.1, 0.15) is 114 Å². The summed E-state index contributed by atoms with van der Waals surface area (Å²) >= 11 is 0. The molecule has 23 nitrogen and oxygen atoms in total. The fraction of sp³-hybridized carbons (Fsp3) is 0.750. The number of guanidine groups is 1. The number of nitrogens with one attached hydrogen (secondary N) is 8. The lowest BCUT2D eigenvalue weighted by molar-refractivity contribution is -0.142. The van der Waals surface area contributed by atoms with E-state index in [2.05, 4.69) is 47.5 Å². The van der Waals surface area contributed by atoms with Gasteiger partial charge in [-0.15, -0.1) is 0 Å². The standard InChI is InChI=1S/C44H79N13O10/c1-11-16-29(39(63)55-37(27(8)12-2)42(66)52-30(17-14-19-48-44(45)46)43(67)57-20-15-18-32(57)40(64)47-13-3)51-33(59)23-50-38(62)31(21-25(4)5)53-41(65)36(26(6)7)54-34(60)22-49-35(61)24-56(10)28(9)58/h25-27,29-32,36-37H,11-24H2,1-10H3,(H,47,64)(H,49,61)(H,50,62)(H,51,59)(H,52,66)(H,53,65)(H,54,60)(H,55,63)(H4,45,46,48)/t27-,29-,30-,31+,32-,36-,37-/m0/s1. The van der Waals surface area contributed by atoms with Crippen LogP contribution < -0.4 is 54.0 Å². The molecule has 380 valence electrons. The van der Waals surface area contributed by atoms with Crippen molar-refractivity contribution < 1.29 is 47.9 Å². The molecule has 10 amide bonds. The Morgan fingerprint density at radius 2 is 1.31 bits per heavy atom. The summed E-state index contributed by atoms with van der Waals surface area (Å²) in [5.74, 6) is -6.76. The molecular formula is C44H79N13O10. The van der Waals surface area contributed by atoms with E-state index in [9.17, 15) is 47.9 Å². The first-order valence-corrected chi connectivity index (χ1v) is 23.4. The monoisotopic (exact) mass is 950 g/mol. The molecule has 0 aromatic heterocycles. The molecule has 0 radical (unpaired) electrons.